The Bertz CT molecular complexity index is 521. The van der Waals surface area contributed by atoms with E-state index in [1.165, 1.54) is 12.0 Å². The summed E-state index contributed by atoms with van der Waals surface area (Å²) in [6, 6.07) is 10.7. The molecular weight excluding hydrogens is 236 g/mol. The Morgan fingerprint density at radius 1 is 1.26 bits per heavy atom. The van der Waals surface area contributed by atoms with Gasteiger partial charge < -0.3 is 9.73 Å². The second-order valence-electron chi connectivity index (χ2n) is 5.20. The van der Waals surface area contributed by atoms with Crippen molar-refractivity contribution in [2.75, 3.05) is 6.54 Å². The molecule has 3 heteroatoms. The zero-order valence-electron chi connectivity index (χ0n) is 11.3. The second kappa shape index (κ2) is 5.57. The topological polar surface area (TPSA) is 38.1 Å². The molecule has 1 N–H and O–H groups in total. The maximum absolute atomic E-state index is 5.62. The molecule has 3 rings (SSSR count). The molecule has 0 radical (unpaired) electrons. The fourth-order valence-corrected chi connectivity index (χ4v) is 2.65. The Morgan fingerprint density at radius 2 is 2.11 bits per heavy atom. The molecule has 2 unspecified atom stereocenters. The van der Waals surface area contributed by atoms with Crippen LogP contribution in [0.5, 0.6) is 0 Å². The van der Waals surface area contributed by atoms with Crippen molar-refractivity contribution in [2.24, 2.45) is 0 Å². The minimum Gasteiger partial charge on any atom is -0.448 e. The molecular formula is C16H20N2O. The van der Waals surface area contributed by atoms with Crippen molar-refractivity contribution in [3.63, 3.8) is 0 Å². The van der Waals surface area contributed by atoms with Crippen molar-refractivity contribution in [3.8, 4) is 0 Å². The number of nitrogens with zero attached hydrogens (tertiary/aromatic N) is 1. The second-order valence-corrected chi connectivity index (χ2v) is 5.20. The average Bonchev–Trinajstić information content (AvgIpc) is 3.12. The lowest BCUT2D eigenvalue weighted by molar-refractivity contribution is 0.498. The van der Waals surface area contributed by atoms with Crippen LogP contribution in [0.4, 0.5) is 0 Å². The van der Waals surface area contributed by atoms with E-state index < -0.39 is 0 Å². The van der Waals surface area contributed by atoms with Gasteiger partial charge in [0.1, 0.15) is 5.76 Å². The van der Waals surface area contributed by atoms with Crippen LogP contribution in [0.15, 0.2) is 41.1 Å². The van der Waals surface area contributed by atoms with Crippen LogP contribution in [0.1, 0.15) is 48.6 Å². The van der Waals surface area contributed by atoms with Crippen molar-refractivity contribution in [2.45, 2.75) is 38.1 Å². The van der Waals surface area contributed by atoms with E-state index in [4.69, 9.17) is 4.42 Å². The van der Waals surface area contributed by atoms with E-state index in [0.29, 0.717) is 11.8 Å². The van der Waals surface area contributed by atoms with E-state index in [-0.39, 0.29) is 0 Å². The summed E-state index contributed by atoms with van der Waals surface area (Å²) >= 11 is 0. The van der Waals surface area contributed by atoms with Gasteiger partial charge in [0.15, 0.2) is 6.39 Å². The quantitative estimate of drug-likeness (QED) is 0.804. The number of hydrogen-bond acceptors (Lipinski definition) is 3. The largest absolute Gasteiger partial charge is 0.448 e. The summed E-state index contributed by atoms with van der Waals surface area (Å²) in [4.78, 5) is 4.35. The molecule has 1 saturated carbocycles. The van der Waals surface area contributed by atoms with Gasteiger partial charge in [-0.15, -0.1) is 0 Å². The van der Waals surface area contributed by atoms with Crippen molar-refractivity contribution in [3.05, 3.63) is 53.7 Å². The highest BCUT2D eigenvalue weighted by molar-refractivity contribution is 5.33. The van der Waals surface area contributed by atoms with E-state index in [9.17, 15) is 0 Å². The molecule has 19 heavy (non-hydrogen) atoms. The highest BCUT2D eigenvalue weighted by Gasteiger charge is 2.43. The maximum atomic E-state index is 5.62. The normalized spacial score (nSPS) is 21.5. The maximum Gasteiger partial charge on any atom is 0.181 e. The van der Waals surface area contributed by atoms with Crippen molar-refractivity contribution in [1.29, 1.82) is 0 Å². The van der Waals surface area contributed by atoms with Gasteiger partial charge in [0, 0.05) is 12.5 Å². The molecule has 1 aliphatic rings. The van der Waals surface area contributed by atoms with Crippen molar-refractivity contribution >= 4 is 0 Å². The predicted molar refractivity (Wildman–Crippen MR) is 75.0 cm³/mol. The Labute approximate surface area is 114 Å². The minimum absolute atomic E-state index is 0.517. The van der Waals surface area contributed by atoms with E-state index in [1.807, 2.05) is 0 Å². The first-order chi connectivity index (χ1) is 9.40. The Morgan fingerprint density at radius 3 is 2.89 bits per heavy atom. The third-order valence-corrected chi connectivity index (χ3v) is 3.75. The van der Waals surface area contributed by atoms with Gasteiger partial charge in [0.05, 0.1) is 5.69 Å². The summed E-state index contributed by atoms with van der Waals surface area (Å²) in [6.45, 7) is 4.01. The fourth-order valence-electron chi connectivity index (χ4n) is 2.65. The molecule has 1 aliphatic carbocycles. The average molecular weight is 256 g/mol. The predicted octanol–water partition coefficient (Wildman–Crippen LogP) is 3.45. The van der Waals surface area contributed by atoms with E-state index in [1.54, 1.807) is 6.39 Å². The first-order valence-electron chi connectivity index (χ1n) is 7.08. The lowest BCUT2D eigenvalue weighted by Gasteiger charge is -2.03. The lowest BCUT2D eigenvalue weighted by atomic mass is 10.1. The summed E-state index contributed by atoms with van der Waals surface area (Å²) in [6.07, 6.45) is 3.90. The number of nitrogens with one attached hydrogen (secondary N) is 1. The molecule has 0 bridgehead atoms. The summed E-state index contributed by atoms with van der Waals surface area (Å²) in [7, 11) is 0. The van der Waals surface area contributed by atoms with Crippen molar-refractivity contribution < 1.29 is 4.42 Å². The van der Waals surface area contributed by atoms with Crippen molar-refractivity contribution in [1.82, 2.24) is 10.3 Å². The molecule has 1 fully saturated rings. The zero-order chi connectivity index (χ0) is 13.1. The van der Waals surface area contributed by atoms with Gasteiger partial charge in [-0.1, -0.05) is 37.3 Å². The van der Waals surface area contributed by atoms with E-state index in [2.05, 4.69) is 47.6 Å². The van der Waals surface area contributed by atoms with Gasteiger partial charge in [0.25, 0.3) is 0 Å². The summed E-state index contributed by atoms with van der Waals surface area (Å²) in [5, 5.41) is 3.39. The highest BCUT2D eigenvalue weighted by atomic mass is 16.3. The molecule has 0 aliphatic heterocycles. The van der Waals surface area contributed by atoms with Crippen LogP contribution in [0.3, 0.4) is 0 Å². The Kier molecular flexibility index (Phi) is 3.65. The van der Waals surface area contributed by atoms with Gasteiger partial charge >= 0.3 is 0 Å². The smallest absolute Gasteiger partial charge is 0.181 e. The van der Waals surface area contributed by atoms with Gasteiger partial charge in [0.2, 0.25) is 0 Å². The first kappa shape index (κ1) is 12.4. The molecule has 2 atom stereocenters. The molecule has 0 saturated heterocycles. The van der Waals surface area contributed by atoms with Gasteiger partial charge in [-0.2, -0.15) is 0 Å². The summed E-state index contributed by atoms with van der Waals surface area (Å²) in [5.74, 6) is 2.21. The summed E-state index contributed by atoms with van der Waals surface area (Å²) in [5.41, 5.74) is 2.49. The number of hydrogen-bond donors (Lipinski definition) is 1. The van der Waals surface area contributed by atoms with Gasteiger partial charge in [-0.3, -0.25) is 0 Å². The lowest BCUT2D eigenvalue weighted by Crippen LogP contribution is -2.15. The fraction of sp³-hybridized carbons (Fsp3) is 0.438. The standard InChI is InChI=1S/C16H20N2O/c1-2-8-17-10-15-16(19-11-18-15)14-9-13(14)12-6-4-3-5-7-12/h3-7,11,13-14,17H,2,8-10H2,1H3. The molecule has 100 valence electrons. The van der Waals surface area contributed by atoms with Crippen LogP contribution < -0.4 is 5.32 Å². The monoisotopic (exact) mass is 256 g/mol. The number of oxazole rings is 1. The van der Waals surface area contributed by atoms with Gasteiger partial charge in [-0.25, -0.2) is 4.98 Å². The Hall–Kier alpha value is -1.61. The minimum atomic E-state index is 0.517. The molecule has 2 aromatic rings. The SMILES string of the molecule is CCCNCc1ncoc1C1CC1c1ccccc1. The number of benzene rings is 1. The zero-order valence-corrected chi connectivity index (χ0v) is 11.3. The van der Waals surface area contributed by atoms with Crippen LogP contribution in [0, 0.1) is 0 Å². The third kappa shape index (κ3) is 2.71. The van der Waals surface area contributed by atoms with Crippen LogP contribution in [0.2, 0.25) is 0 Å². The van der Waals surface area contributed by atoms with Crippen LogP contribution in [0.25, 0.3) is 0 Å². The summed E-state index contributed by atoms with van der Waals surface area (Å²) < 4.78 is 5.62. The molecule has 1 aromatic heterocycles. The third-order valence-electron chi connectivity index (χ3n) is 3.75. The van der Waals surface area contributed by atoms with Crippen LogP contribution in [-0.4, -0.2) is 11.5 Å². The molecule has 1 aromatic carbocycles. The van der Waals surface area contributed by atoms with E-state index >= 15 is 0 Å². The molecule has 1 heterocycles. The van der Waals surface area contributed by atoms with Gasteiger partial charge in [-0.05, 0) is 30.9 Å². The van der Waals surface area contributed by atoms with E-state index in [0.717, 1.165) is 31.0 Å². The number of aromatic nitrogens is 1. The molecule has 0 spiro atoms. The Balaban J connectivity index is 1.67. The van der Waals surface area contributed by atoms with Crippen LogP contribution in [-0.2, 0) is 6.54 Å². The highest BCUT2D eigenvalue weighted by Crippen LogP contribution is 2.55. The molecule has 3 nitrogen and oxygen atoms in total. The number of rotatable bonds is 6. The van der Waals surface area contributed by atoms with Crippen LogP contribution >= 0.6 is 0 Å². The first-order valence-corrected chi connectivity index (χ1v) is 7.08. The molecule has 0 amide bonds.